The molecule has 1 aromatic heterocycles. The Labute approximate surface area is 129 Å². The monoisotopic (exact) mass is 328 g/mol. The first kappa shape index (κ1) is 14.8. The lowest BCUT2D eigenvalue weighted by Crippen LogP contribution is -2.03. The summed E-state index contributed by atoms with van der Waals surface area (Å²) in [5.74, 6) is -0.720. The molecule has 0 saturated carbocycles. The van der Waals surface area contributed by atoms with E-state index in [1.807, 2.05) is 0 Å². The summed E-state index contributed by atoms with van der Waals surface area (Å²) in [7, 11) is 0. The van der Waals surface area contributed by atoms with Crippen LogP contribution in [0.2, 0.25) is 15.2 Å². The molecule has 7 heteroatoms. The van der Waals surface area contributed by atoms with Gasteiger partial charge in [0.25, 0.3) is 0 Å². The number of carbonyl (C=O) groups excluding carboxylic acids is 1. The molecule has 4 nitrogen and oxygen atoms in total. The van der Waals surface area contributed by atoms with Crippen LogP contribution in [0.5, 0.6) is 0 Å². The Morgan fingerprint density at radius 1 is 1.15 bits per heavy atom. The van der Waals surface area contributed by atoms with Gasteiger partial charge in [-0.1, -0.05) is 46.0 Å². The summed E-state index contributed by atoms with van der Waals surface area (Å²) in [5.41, 5.74) is 0.581. The molecule has 2 rings (SSSR count). The Bertz CT molecular complexity index is 654. The molecule has 0 N–H and O–H groups in total. The molecule has 0 bridgehead atoms. The quantitative estimate of drug-likeness (QED) is 0.366. The highest BCUT2D eigenvalue weighted by molar-refractivity contribution is 6.38. The van der Waals surface area contributed by atoms with Gasteiger partial charge in [-0.2, -0.15) is 0 Å². The molecule has 1 heterocycles. The third-order valence-corrected chi connectivity index (χ3v) is 3.26. The minimum absolute atomic E-state index is 0.0449. The Morgan fingerprint density at radius 2 is 1.85 bits per heavy atom. The summed E-state index contributed by atoms with van der Waals surface area (Å²) in [5, 5.41) is 4.40. The molecule has 0 fully saturated rings. The molecule has 0 spiro atoms. The maximum Gasteiger partial charge on any atom is 0.368 e. The van der Waals surface area contributed by atoms with E-state index in [2.05, 4.69) is 10.1 Å². The number of hydrogen-bond donors (Lipinski definition) is 0. The van der Waals surface area contributed by atoms with Crippen molar-refractivity contribution in [3.8, 4) is 0 Å². The van der Waals surface area contributed by atoms with Crippen LogP contribution in [0.25, 0.3) is 0 Å². The van der Waals surface area contributed by atoms with Gasteiger partial charge >= 0.3 is 5.97 Å². The zero-order valence-corrected chi connectivity index (χ0v) is 12.2. The van der Waals surface area contributed by atoms with E-state index in [0.29, 0.717) is 15.6 Å². The van der Waals surface area contributed by atoms with Crippen molar-refractivity contribution in [3.63, 3.8) is 0 Å². The largest absolute Gasteiger partial charge is 0.368 e. The van der Waals surface area contributed by atoms with Crippen LogP contribution in [-0.2, 0) is 4.84 Å². The maximum atomic E-state index is 11.7. The SMILES string of the molecule is O=C(ON=Cc1c(Cl)cccc1Cl)c1cccnc1Cl. The first-order chi connectivity index (χ1) is 9.59. The number of benzene rings is 1. The fourth-order valence-electron chi connectivity index (χ4n) is 1.35. The lowest BCUT2D eigenvalue weighted by molar-refractivity contribution is 0.0519. The molecule has 0 atom stereocenters. The molecular formula is C13H7Cl3N2O2. The van der Waals surface area contributed by atoms with Crippen LogP contribution in [-0.4, -0.2) is 17.2 Å². The first-order valence-corrected chi connectivity index (χ1v) is 6.52. The second kappa shape index (κ2) is 6.70. The van der Waals surface area contributed by atoms with E-state index < -0.39 is 5.97 Å². The van der Waals surface area contributed by atoms with Gasteiger partial charge in [-0.05, 0) is 24.3 Å². The van der Waals surface area contributed by atoms with Gasteiger partial charge in [0.2, 0.25) is 0 Å². The van der Waals surface area contributed by atoms with Gasteiger partial charge in [0.05, 0.1) is 21.8 Å². The van der Waals surface area contributed by atoms with Gasteiger partial charge in [0.1, 0.15) is 5.15 Å². The molecule has 2 aromatic rings. The smallest absolute Gasteiger partial charge is 0.313 e. The molecule has 0 aliphatic carbocycles. The summed E-state index contributed by atoms with van der Waals surface area (Å²) >= 11 is 17.6. The highest BCUT2D eigenvalue weighted by Crippen LogP contribution is 2.22. The number of halogens is 3. The molecule has 0 unspecified atom stereocenters. The number of oxime groups is 1. The molecule has 20 heavy (non-hydrogen) atoms. The molecule has 0 amide bonds. The second-order valence-electron chi connectivity index (χ2n) is 3.59. The van der Waals surface area contributed by atoms with Gasteiger partial charge in [0, 0.05) is 11.8 Å². The minimum atomic E-state index is -0.720. The average Bonchev–Trinajstić information content (AvgIpc) is 2.42. The van der Waals surface area contributed by atoms with Crippen molar-refractivity contribution in [2.75, 3.05) is 0 Å². The van der Waals surface area contributed by atoms with Crippen molar-refractivity contribution in [3.05, 3.63) is 62.9 Å². The second-order valence-corrected chi connectivity index (χ2v) is 4.76. The van der Waals surface area contributed by atoms with Crippen molar-refractivity contribution in [1.82, 2.24) is 4.98 Å². The van der Waals surface area contributed by atoms with Crippen LogP contribution in [0.4, 0.5) is 0 Å². The van der Waals surface area contributed by atoms with Crippen LogP contribution in [0.15, 0.2) is 41.7 Å². The van der Waals surface area contributed by atoms with Crippen molar-refractivity contribution >= 4 is 47.0 Å². The summed E-state index contributed by atoms with van der Waals surface area (Å²) in [6.45, 7) is 0. The van der Waals surface area contributed by atoms with E-state index >= 15 is 0 Å². The fourth-order valence-corrected chi connectivity index (χ4v) is 2.04. The predicted molar refractivity (Wildman–Crippen MR) is 78.7 cm³/mol. The van der Waals surface area contributed by atoms with Crippen molar-refractivity contribution < 1.29 is 9.63 Å². The predicted octanol–water partition coefficient (Wildman–Crippen LogP) is 4.23. The number of pyridine rings is 1. The topological polar surface area (TPSA) is 51.5 Å². The van der Waals surface area contributed by atoms with E-state index in [1.54, 1.807) is 24.3 Å². The number of rotatable bonds is 3. The molecular weight excluding hydrogens is 323 g/mol. The zero-order chi connectivity index (χ0) is 14.5. The summed E-state index contributed by atoms with van der Waals surface area (Å²) in [6, 6.07) is 8.04. The molecule has 1 aromatic carbocycles. The average molecular weight is 330 g/mol. The number of nitrogens with zero attached hydrogens (tertiary/aromatic N) is 2. The normalized spacial score (nSPS) is 10.8. The lowest BCUT2D eigenvalue weighted by Gasteiger charge is -2.01. The molecule has 0 saturated heterocycles. The number of carbonyl (C=O) groups is 1. The first-order valence-electron chi connectivity index (χ1n) is 5.39. The summed E-state index contributed by atoms with van der Waals surface area (Å²) < 4.78 is 0. The molecule has 0 aliphatic rings. The fraction of sp³-hybridized carbons (Fsp3) is 0. The zero-order valence-electron chi connectivity index (χ0n) is 9.89. The van der Waals surface area contributed by atoms with E-state index in [9.17, 15) is 4.79 Å². The third-order valence-electron chi connectivity index (χ3n) is 2.30. The van der Waals surface area contributed by atoms with Crippen LogP contribution in [0.3, 0.4) is 0 Å². The molecule has 102 valence electrons. The van der Waals surface area contributed by atoms with Gasteiger partial charge in [0.15, 0.2) is 0 Å². The van der Waals surface area contributed by atoms with Crippen molar-refractivity contribution in [2.24, 2.45) is 5.16 Å². The Hall–Kier alpha value is -1.62. The van der Waals surface area contributed by atoms with Crippen LogP contribution in [0.1, 0.15) is 15.9 Å². The Kier molecular flexibility index (Phi) is 4.95. The van der Waals surface area contributed by atoms with Crippen LogP contribution >= 0.6 is 34.8 Å². The Morgan fingerprint density at radius 3 is 2.50 bits per heavy atom. The van der Waals surface area contributed by atoms with Gasteiger partial charge in [-0.3, -0.25) is 0 Å². The standard InChI is InChI=1S/C13H7Cl3N2O2/c14-10-4-1-5-11(15)9(10)7-18-20-13(19)8-3-2-6-17-12(8)16/h1-7H. The highest BCUT2D eigenvalue weighted by Gasteiger charge is 2.12. The van der Waals surface area contributed by atoms with Crippen LogP contribution in [0, 0.1) is 0 Å². The van der Waals surface area contributed by atoms with Crippen LogP contribution < -0.4 is 0 Å². The van der Waals surface area contributed by atoms with Gasteiger partial charge < -0.3 is 4.84 Å². The van der Waals surface area contributed by atoms with E-state index in [-0.39, 0.29) is 10.7 Å². The number of aromatic nitrogens is 1. The van der Waals surface area contributed by atoms with Gasteiger partial charge in [-0.15, -0.1) is 0 Å². The maximum absolute atomic E-state index is 11.7. The Balaban J connectivity index is 2.11. The summed E-state index contributed by atoms with van der Waals surface area (Å²) in [4.78, 5) is 20.2. The molecule has 0 aliphatic heterocycles. The van der Waals surface area contributed by atoms with Gasteiger partial charge in [-0.25, -0.2) is 9.78 Å². The van der Waals surface area contributed by atoms with Crippen molar-refractivity contribution in [1.29, 1.82) is 0 Å². The van der Waals surface area contributed by atoms with E-state index in [1.165, 1.54) is 18.5 Å². The summed E-state index contributed by atoms with van der Waals surface area (Å²) in [6.07, 6.45) is 2.72. The highest BCUT2D eigenvalue weighted by atomic mass is 35.5. The minimum Gasteiger partial charge on any atom is -0.313 e. The van der Waals surface area contributed by atoms with E-state index in [0.717, 1.165) is 0 Å². The van der Waals surface area contributed by atoms with E-state index in [4.69, 9.17) is 39.6 Å². The van der Waals surface area contributed by atoms with Crippen molar-refractivity contribution in [2.45, 2.75) is 0 Å². The number of hydrogen-bond acceptors (Lipinski definition) is 4. The third kappa shape index (κ3) is 3.48. The molecule has 0 radical (unpaired) electrons. The lowest BCUT2D eigenvalue weighted by atomic mass is 10.2.